The summed E-state index contributed by atoms with van der Waals surface area (Å²) in [4.78, 5) is 22.6. The summed E-state index contributed by atoms with van der Waals surface area (Å²) in [5, 5.41) is 14.1. The van der Waals surface area contributed by atoms with Gasteiger partial charge in [0, 0.05) is 32.9 Å². The van der Waals surface area contributed by atoms with Gasteiger partial charge in [-0.15, -0.1) is 10.2 Å². The molecule has 0 saturated heterocycles. The van der Waals surface area contributed by atoms with Crippen molar-refractivity contribution < 1.29 is 9.59 Å². The zero-order valence-electron chi connectivity index (χ0n) is 10.0. The molecule has 0 bridgehead atoms. The fourth-order valence-corrected chi connectivity index (χ4v) is 1.56. The minimum absolute atomic E-state index is 0.161. The van der Waals surface area contributed by atoms with Crippen LogP contribution in [0.2, 0.25) is 0 Å². The predicted octanol–water partition coefficient (Wildman–Crippen LogP) is -1.26. The number of amides is 2. The SMILES string of the molecule is Cn1cnnc1CCNC(=O)C1=NNC(=O)CC1. The smallest absolute Gasteiger partial charge is 0.267 e. The van der Waals surface area contributed by atoms with Gasteiger partial charge in [-0.25, -0.2) is 5.43 Å². The Morgan fingerprint density at radius 2 is 2.39 bits per heavy atom. The quantitative estimate of drug-likeness (QED) is 0.696. The molecule has 2 heterocycles. The van der Waals surface area contributed by atoms with Gasteiger partial charge < -0.3 is 9.88 Å². The predicted molar refractivity (Wildman–Crippen MR) is 62.5 cm³/mol. The van der Waals surface area contributed by atoms with E-state index < -0.39 is 0 Å². The van der Waals surface area contributed by atoms with Gasteiger partial charge in [0.2, 0.25) is 5.91 Å². The highest BCUT2D eigenvalue weighted by molar-refractivity contribution is 6.39. The summed E-state index contributed by atoms with van der Waals surface area (Å²) in [6.07, 6.45) is 2.89. The summed E-state index contributed by atoms with van der Waals surface area (Å²) >= 11 is 0. The van der Waals surface area contributed by atoms with Gasteiger partial charge in [-0.3, -0.25) is 9.59 Å². The Balaban J connectivity index is 1.79. The fourth-order valence-electron chi connectivity index (χ4n) is 1.56. The van der Waals surface area contributed by atoms with E-state index in [2.05, 4.69) is 26.0 Å². The van der Waals surface area contributed by atoms with E-state index in [1.54, 1.807) is 10.9 Å². The largest absolute Gasteiger partial charge is 0.350 e. The minimum Gasteiger partial charge on any atom is -0.350 e. The average molecular weight is 250 g/mol. The Labute approximate surface area is 103 Å². The molecular formula is C10H14N6O2. The number of hydrazone groups is 1. The van der Waals surface area contributed by atoms with Crippen molar-refractivity contribution in [2.45, 2.75) is 19.3 Å². The van der Waals surface area contributed by atoms with Crippen LogP contribution in [-0.4, -0.2) is 38.8 Å². The second-order valence-electron chi connectivity index (χ2n) is 3.96. The van der Waals surface area contributed by atoms with Crippen molar-refractivity contribution in [3.63, 3.8) is 0 Å². The van der Waals surface area contributed by atoms with Gasteiger partial charge in [-0.2, -0.15) is 5.10 Å². The van der Waals surface area contributed by atoms with Crippen LogP contribution in [0.25, 0.3) is 0 Å². The van der Waals surface area contributed by atoms with E-state index in [1.807, 2.05) is 7.05 Å². The highest BCUT2D eigenvalue weighted by Crippen LogP contribution is 1.99. The number of rotatable bonds is 4. The van der Waals surface area contributed by atoms with Gasteiger partial charge in [-0.05, 0) is 0 Å². The van der Waals surface area contributed by atoms with E-state index in [1.165, 1.54) is 0 Å². The molecule has 0 fully saturated rings. The van der Waals surface area contributed by atoms with Crippen LogP contribution in [0.15, 0.2) is 11.4 Å². The standard InChI is InChI=1S/C10H14N6O2/c1-16-6-12-14-8(16)4-5-11-10(18)7-2-3-9(17)15-13-7/h6H,2-5H2,1H3,(H,11,18)(H,15,17). The molecule has 0 unspecified atom stereocenters. The van der Waals surface area contributed by atoms with Crippen molar-refractivity contribution in [3.05, 3.63) is 12.2 Å². The second kappa shape index (κ2) is 5.39. The number of hydrogen-bond acceptors (Lipinski definition) is 5. The molecule has 0 aliphatic carbocycles. The van der Waals surface area contributed by atoms with Crippen LogP contribution in [0.5, 0.6) is 0 Å². The van der Waals surface area contributed by atoms with Crippen LogP contribution in [-0.2, 0) is 23.1 Å². The molecule has 1 aromatic rings. The summed E-state index contributed by atoms with van der Waals surface area (Å²) in [6, 6.07) is 0. The first-order valence-corrected chi connectivity index (χ1v) is 5.63. The van der Waals surface area contributed by atoms with Crippen LogP contribution in [0.4, 0.5) is 0 Å². The van der Waals surface area contributed by atoms with E-state index in [9.17, 15) is 9.59 Å². The molecule has 2 rings (SSSR count). The number of nitrogens with zero attached hydrogens (tertiary/aromatic N) is 4. The van der Waals surface area contributed by atoms with Gasteiger partial charge in [0.15, 0.2) is 0 Å². The van der Waals surface area contributed by atoms with Gasteiger partial charge in [0.25, 0.3) is 5.91 Å². The lowest BCUT2D eigenvalue weighted by atomic mass is 10.1. The van der Waals surface area contributed by atoms with E-state index in [0.717, 1.165) is 5.82 Å². The molecule has 2 amide bonds. The lowest BCUT2D eigenvalue weighted by Crippen LogP contribution is -2.37. The number of aromatic nitrogens is 3. The maximum atomic E-state index is 11.7. The molecule has 2 N–H and O–H groups in total. The maximum absolute atomic E-state index is 11.7. The normalized spacial score (nSPS) is 14.9. The molecule has 96 valence electrons. The highest BCUT2D eigenvalue weighted by atomic mass is 16.2. The Morgan fingerprint density at radius 3 is 3.00 bits per heavy atom. The van der Waals surface area contributed by atoms with Gasteiger partial charge in [0.05, 0.1) is 0 Å². The summed E-state index contributed by atoms with van der Waals surface area (Å²) in [5.41, 5.74) is 2.64. The van der Waals surface area contributed by atoms with Gasteiger partial charge >= 0.3 is 0 Å². The number of hydrogen-bond donors (Lipinski definition) is 2. The van der Waals surface area contributed by atoms with Gasteiger partial charge in [-0.1, -0.05) is 0 Å². The first-order valence-electron chi connectivity index (χ1n) is 5.63. The monoisotopic (exact) mass is 250 g/mol. The lowest BCUT2D eigenvalue weighted by molar-refractivity contribution is -0.121. The molecule has 0 radical (unpaired) electrons. The molecular weight excluding hydrogens is 236 g/mol. The summed E-state index contributed by atoms with van der Waals surface area (Å²) in [7, 11) is 1.85. The van der Waals surface area contributed by atoms with Crippen LogP contribution in [0.3, 0.4) is 0 Å². The lowest BCUT2D eigenvalue weighted by Gasteiger charge is -2.11. The number of aryl methyl sites for hydroxylation is 1. The third-order valence-corrected chi connectivity index (χ3v) is 2.61. The third-order valence-electron chi connectivity index (χ3n) is 2.61. The van der Waals surface area contributed by atoms with Crippen molar-refractivity contribution >= 4 is 17.5 Å². The van der Waals surface area contributed by atoms with Crippen LogP contribution < -0.4 is 10.7 Å². The minimum atomic E-state index is -0.253. The maximum Gasteiger partial charge on any atom is 0.267 e. The van der Waals surface area contributed by atoms with Crippen LogP contribution in [0.1, 0.15) is 18.7 Å². The molecule has 8 nitrogen and oxygen atoms in total. The molecule has 1 aromatic heterocycles. The second-order valence-corrected chi connectivity index (χ2v) is 3.96. The number of carbonyl (C=O) groups is 2. The van der Waals surface area contributed by atoms with E-state index in [4.69, 9.17) is 0 Å². The molecule has 18 heavy (non-hydrogen) atoms. The Kier molecular flexibility index (Phi) is 3.66. The first kappa shape index (κ1) is 12.2. The van der Waals surface area contributed by atoms with Crippen LogP contribution >= 0.6 is 0 Å². The summed E-state index contributed by atoms with van der Waals surface area (Å²) in [6.45, 7) is 0.457. The number of nitrogens with one attached hydrogen (secondary N) is 2. The molecule has 0 spiro atoms. The molecule has 0 saturated carbocycles. The van der Waals surface area contributed by atoms with Crippen molar-refractivity contribution in [1.82, 2.24) is 25.5 Å². The highest BCUT2D eigenvalue weighted by Gasteiger charge is 2.17. The van der Waals surface area contributed by atoms with Crippen molar-refractivity contribution in [2.75, 3.05) is 6.54 Å². The summed E-state index contributed by atoms with van der Waals surface area (Å²) in [5.74, 6) is 0.386. The molecule has 1 aliphatic heterocycles. The van der Waals surface area contributed by atoms with Gasteiger partial charge in [0.1, 0.15) is 17.9 Å². The fraction of sp³-hybridized carbons (Fsp3) is 0.500. The zero-order valence-corrected chi connectivity index (χ0v) is 10.0. The first-order chi connectivity index (χ1) is 8.66. The Bertz CT molecular complexity index is 492. The Hall–Kier alpha value is -2.25. The molecule has 1 aliphatic rings. The number of carbonyl (C=O) groups excluding carboxylic acids is 2. The third kappa shape index (κ3) is 2.90. The molecule has 0 atom stereocenters. The molecule has 0 aromatic carbocycles. The Morgan fingerprint density at radius 1 is 1.56 bits per heavy atom. The van der Waals surface area contributed by atoms with Crippen molar-refractivity contribution in [2.24, 2.45) is 12.1 Å². The zero-order chi connectivity index (χ0) is 13.0. The summed E-state index contributed by atoms with van der Waals surface area (Å²) < 4.78 is 1.80. The van der Waals surface area contributed by atoms with Crippen molar-refractivity contribution in [3.8, 4) is 0 Å². The van der Waals surface area contributed by atoms with E-state index in [0.29, 0.717) is 31.5 Å². The van der Waals surface area contributed by atoms with Crippen molar-refractivity contribution in [1.29, 1.82) is 0 Å². The molecule has 8 heteroatoms. The average Bonchev–Trinajstić information content (AvgIpc) is 2.76. The van der Waals surface area contributed by atoms with E-state index >= 15 is 0 Å². The van der Waals surface area contributed by atoms with Crippen LogP contribution in [0, 0.1) is 0 Å². The van der Waals surface area contributed by atoms with E-state index in [-0.39, 0.29) is 11.8 Å². The topological polar surface area (TPSA) is 101 Å².